The van der Waals surface area contributed by atoms with E-state index in [-0.39, 0.29) is 24.4 Å². The predicted octanol–water partition coefficient (Wildman–Crippen LogP) is 2.80. The Labute approximate surface area is 158 Å². The third-order valence-corrected chi connectivity index (χ3v) is 4.81. The Balaban J connectivity index is 1.56. The first-order valence-electron chi connectivity index (χ1n) is 9.03. The molecule has 5 nitrogen and oxygen atoms in total. The van der Waals surface area contributed by atoms with Gasteiger partial charge in [0.05, 0.1) is 13.7 Å². The third-order valence-electron chi connectivity index (χ3n) is 4.81. The molecule has 1 atom stereocenters. The summed E-state index contributed by atoms with van der Waals surface area (Å²) in [7, 11) is 1.63. The van der Waals surface area contributed by atoms with Crippen LogP contribution in [0.25, 0.3) is 0 Å². The van der Waals surface area contributed by atoms with Gasteiger partial charge in [-0.15, -0.1) is 0 Å². The summed E-state index contributed by atoms with van der Waals surface area (Å²) in [6.07, 6.45) is 2.65. The summed E-state index contributed by atoms with van der Waals surface area (Å²) in [6.45, 7) is 0.630. The van der Waals surface area contributed by atoms with Crippen LogP contribution in [0.2, 0.25) is 0 Å². The second-order valence-corrected chi connectivity index (χ2v) is 6.63. The van der Waals surface area contributed by atoms with E-state index in [4.69, 9.17) is 4.74 Å². The molecule has 27 heavy (non-hydrogen) atoms. The van der Waals surface area contributed by atoms with E-state index in [9.17, 15) is 14.0 Å². The highest BCUT2D eigenvalue weighted by atomic mass is 19.1. The van der Waals surface area contributed by atoms with Crippen LogP contribution < -0.4 is 10.1 Å². The topological polar surface area (TPSA) is 58.6 Å². The predicted molar refractivity (Wildman–Crippen MR) is 100 cm³/mol. The summed E-state index contributed by atoms with van der Waals surface area (Å²) in [5, 5.41) is 2.63. The number of carbonyl (C=O) groups is 2. The van der Waals surface area contributed by atoms with Crippen LogP contribution in [0.1, 0.15) is 28.8 Å². The van der Waals surface area contributed by atoms with E-state index in [1.165, 1.54) is 24.3 Å². The van der Waals surface area contributed by atoms with Crippen molar-refractivity contribution in [3.8, 4) is 5.75 Å². The monoisotopic (exact) mass is 370 g/mol. The summed E-state index contributed by atoms with van der Waals surface area (Å²) >= 11 is 0. The highest BCUT2D eigenvalue weighted by molar-refractivity contribution is 5.96. The van der Waals surface area contributed by atoms with E-state index in [1.807, 2.05) is 29.2 Å². The van der Waals surface area contributed by atoms with Crippen molar-refractivity contribution < 1.29 is 18.7 Å². The van der Waals surface area contributed by atoms with Crippen molar-refractivity contribution >= 4 is 11.8 Å². The standard InChI is InChI=1S/C21H23FN2O3/c1-27-19-6-2-4-15(13-19)12-18-5-3-11-24(18)20(25)14-23-21(26)16-7-9-17(22)10-8-16/h2,4,6-10,13,18H,3,5,11-12,14H2,1H3,(H,23,26). The molecule has 1 N–H and O–H groups in total. The molecular weight excluding hydrogens is 347 g/mol. The number of halogens is 1. The zero-order valence-electron chi connectivity index (χ0n) is 15.3. The normalized spacial score (nSPS) is 16.2. The van der Waals surface area contributed by atoms with Crippen molar-refractivity contribution in [1.82, 2.24) is 10.2 Å². The van der Waals surface area contributed by atoms with Crippen LogP contribution >= 0.6 is 0 Å². The van der Waals surface area contributed by atoms with Crippen LogP contribution in [-0.4, -0.2) is 43.0 Å². The molecule has 1 aliphatic heterocycles. The van der Waals surface area contributed by atoms with Gasteiger partial charge in [0.1, 0.15) is 11.6 Å². The molecule has 1 heterocycles. The number of hydrogen-bond acceptors (Lipinski definition) is 3. The van der Waals surface area contributed by atoms with Gasteiger partial charge in [-0.05, 0) is 61.2 Å². The molecular formula is C21H23FN2O3. The molecule has 2 aromatic rings. The average Bonchev–Trinajstić information content (AvgIpc) is 3.14. The molecule has 6 heteroatoms. The highest BCUT2D eigenvalue weighted by Gasteiger charge is 2.28. The number of nitrogens with one attached hydrogen (secondary N) is 1. The quantitative estimate of drug-likeness (QED) is 0.851. The summed E-state index contributed by atoms with van der Waals surface area (Å²) in [6, 6.07) is 13.2. The van der Waals surface area contributed by atoms with Gasteiger partial charge in [0.2, 0.25) is 5.91 Å². The van der Waals surface area contributed by atoms with E-state index < -0.39 is 5.82 Å². The molecule has 142 valence electrons. The number of amides is 2. The number of carbonyl (C=O) groups excluding carboxylic acids is 2. The van der Waals surface area contributed by atoms with Gasteiger partial charge < -0.3 is 15.0 Å². The van der Waals surface area contributed by atoms with Crippen LogP contribution in [-0.2, 0) is 11.2 Å². The minimum absolute atomic E-state index is 0.0647. The molecule has 2 aromatic carbocycles. The lowest BCUT2D eigenvalue weighted by Gasteiger charge is -2.25. The number of hydrogen-bond donors (Lipinski definition) is 1. The van der Waals surface area contributed by atoms with E-state index in [0.29, 0.717) is 12.1 Å². The van der Waals surface area contributed by atoms with Gasteiger partial charge in [-0.3, -0.25) is 9.59 Å². The molecule has 0 radical (unpaired) electrons. The minimum Gasteiger partial charge on any atom is -0.497 e. The first-order chi connectivity index (χ1) is 13.1. The molecule has 3 rings (SSSR count). The van der Waals surface area contributed by atoms with Gasteiger partial charge in [0.15, 0.2) is 0 Å². The Morgan fingerprint density at radius 1 is 1.22 bits per heavy atom. The second kappa shape index (κ2) is 8.66. The fraction of sp³-hybridized carbons (Fsp3) is 0.333. The number of methoxy groups -OCH3 is 1. The molecule has 0 saturated carbocycles. The molecule has 1 saturated heterocycles. The largest absolute Gasteiger partial charge is 0.497 e. The summed E-state index contributed by atoms with van der Waals surface area (Å²) in [5.41, 5.74) is 1.45. The van der Waals surface area contributed by atoms with E-state index in [1.54, 1.807) is 7.11 Å². The smallest absolute Gasteiger partial charge is 0.251 e. The molecule has 1 unspecified atom stereocenters. The van der Waals surface area contributed by atoms with Crippen molar-refractivity contribution in [3.63, 3.8) is 0 Å². The van der Waals surface area contributed by atoms with Crippen molar-refractivity contribution in [3.05, 3.63) is 65.5 Å². The molecule has 0 bridgehead atoms. The Morgan fingerprint density at radius 3 is 2.74 bits per heavy atom. The Morgan fingerprint density at radius 2 is 2.00 bits per heavy atom. The van der Waals surface area contributed by atoms with Gasteiger partial charge in [0.25, 0.3) is 5.91 Å². The average molecular weight is 370 g/mol. The van der Waals surface area contributed by atoms with Crippen molar-refractivity contribution in [2.45, 2.75) is 25.3 Å². The first-order valence-corrected chi connectivity index (χ1v) is 9.03. The lowest BCUT2D eigenvalue weighted by Crippen LogP contribution is -2.43. The zero-order valence-corrected chi connectivity index (χ0v) is 15.3. The number of nitrogens with zero attached hydrogens (tertiary/aromatic N) is 1. The summed E-state index contributed by atoms with van der Waals surface area (Å²) in [5.74, 6) is -0.0854. The van der Waals surface area contributed by atoms with E-state index in [0.717, 1.165) is 30.6 Å². The Bertz CT molecular complexity index is 807. The van der Waals surface area contributed by atoms with Crippen LogP contribution in [0.5, 0.6) is 5.75 Å². The van der Waals surface area contributed by atoms with Gasteiger partial charge in [-0.2, -0.15) is 0 Å². The minimum atomic E-state index is -0.403. The maximum atomic E-state index is 12.9. The fourth-order valence-corrected chi connectivity index (χ4v) is 3.41. The van der Waals surface area contributed by atoms with Crippen LogP contribution in [0.15, 0.2) is 48.5 Å². The molecule has 2 amide bonds. The summed E-state index contributed by atoms with van der Waals surface area (Å²) < 4.78 is 18.2. The van der Waals surface area contributed by atoms with Crippen molar-refractivity contribution in [1.29, 1.82) is 0 Å². The maximum absolute atomic E-state index is 12.9. The molecule has 1 fully saturated rings. The van der Waals surface area contributed by atoms with Gasteiger partial charge in [-0.25, -0.2) is 4.39 Å². The number of benzene rings is 2. The first kappa shape index (κ1) is 18.9. The second-order valence-electron chi connectivity index (χ2n) is 6.63. The van der Waals surface area contributed by atoms with Gasteiger partial charge in [-0.1, -0.05) is 12.1 Å². The number of likely N-dealkylation sites (tertiary alicyclic amines) is 1. The number of ether oxygens (including phenoxy) is 1. The Hall–Kier alpha value is -2.89. The number of rotatable bonds is 6. The highest BCUT2D eigenvalue weighted by Crippen LogP contribution is 2.23. The molecule has 1 aliphatic rings. The van der Waals surface area contributed by atoms with Crippen LogP contribution in [0, 0.1) is 5.82 Å². The maximum Gasteiger partial charge on any atom is 0.251 e. The molecule has 0 spiro atoms. The SMILES string of the molecule is COc1cccc(CC2CCCN2C(=O)CNC(=O)c2ccc(F)cc2)c1. The molecule has 0 aliphatic carbocycles. The van der Waals surface area contributed by atoms with E-state index >= 15 is 0 Å². The zero-order chi connectivity index (χ0) is 19.2. The third kappa shape index (κ3) is 4.84. The van der Waals surface area contributed by atoms with Crippen molar-refractivity contribution in [2.75, 3.05) is 20.2 Å². The van der Waals surface area contributed by atoms with E-state index in [2.05, 4.69) is 5.32 Å². The summed E-state index contributed by atoms with van der Waals surface area (Å²) in [4.78, 5) is 26.5. The van der Waals surface area contributed by atoms with Crippen LogP contribution in [0.4, 0.5) is 4.39 Å². The Kier molecular flexibility index (Phi) is 6.06. The lowest BCUT2D eigenvalue weighted by atomic mass is 10.0. The van der Waals surface area contributed by atoms with Crippen LogP contribution in [0.3, 0.4) is 0 Å². The van der Waals surface area contributed by atoms with Crippen molar-refractivity contribution in [2.24, 2.45) is 0 Å². The molecule has 0 aromatic heterocycles. The van der Waals surface area contributed by atoms with Gasteiger partial charge >= 0.3 is 0 Å². The lowest BCUT2D eigenvalue weighted by molar-refractivity contribution is -0.130. The fourth-order valence-electron chi connectivity index (χ4n) is 3.41. The van der Waals surface area contributed by atoms with Gasteiger partial charge in [0, 0.05) is 18.2 Å².